The summed E-state index contributed by atoms with van der Waals surface area (Å²) < 4.78 is 21.3. The standard InChI is InChI=1S/C17H21NO5/c1-20-11-5-10-18-17(19)16-9-8-13(23-16)12-22-15-7-4-3-6-14(15)21-2/h3-4,6-9H,5,10-12H2,1-2H3,(H,18,19). The fourth-order valence-corrected chi connectivity index (χ4v) is 1.97. The number of carbonyl (C=O) groups is 1. The first kappa shape index (κ1) is 16.9. The van der Waals surface area contributed by atoms with Gasteiger partial charge in [0, 0.05) is 20.3 Å². The van der Waals surface area contributed by atoms with Gasteiger partial charge in [-0.25, -0.2) is 0 Å². The maximum Gasteiger partial charge on any atom is 0.286 e. The number of hydrogen-bond donors (Lipinski definition) is 1. The second-order valence-electron chi connectivity index (χ2n) is 4.81. The summed E-state index contributed by atoms with van der Waals surface area (Å²) in [5, 5.41) is 2.77. The van der Waals surface area contributed by atoms with Crippen LogP contribution in [-0.4, -0.2) is 33.3 Å². The van der Waals surface area contributed by atoms with Crippen LogP contribution in [0.3, 0.4) is 0 Å². The lowest BCUT2D eigenvalue weighted by atomic mass is 10.3. The monoisotopic (exact) mass is 319 g/mol. The quantitative estimate of drug-likeness (QED) is 0.720. The summed E-state index contributed by atoms with van der Waals surface area (Å²) in [6.07, 6.45) is 0.757. The van der Waals surface area contributed by atoms with Crippen LogP contribution in [0.25, 0.3) is 0 Å². The van der Waals surface area contributed by atoms with Gasteiger partial charge in [-0.05, 0) is 30.7 Å². The molecule has 2 aromatic rings. The molecular formula is C17H21NO5. The molecule has 124 valence electrons. The number of nitrogens with one attached hydrogen (secondary N) is 1. The number of para-hydroxylation sites is 2. The molecule has 1 amide bonds. The number of benzene rings is 1. The second kappa shape index (κ2) is 8.85. The molecule has 0 saturated heterocycles. The summed E-state index contributed by atoms with van der Waals surface area (Å²) in [5.74, 6) is 1.86. The lowest BCUT2D eigenvalue weighted by Gasteiger charge is -2.08. The Balaban J connectivity index is 1.86. The lowest BCUT2D eigenvalue weighted by molar-refractivity contribution is 0.0916. The van der Waals surface area contributed by atoms with Crippen molar-refractivity contribution < 1.29 is 23.4 Å². The first-order valence-electron chi connectivity index (χ1n) is 7.36. The van der Waals surface area contributed by atoms with Gasteiger partial charge in [0.25, 0.3) is 5.91 Å². The van der Waals surface area contributed by atoms with E-state index < -0.39 is 0 Å². The SMILES string of the molecule is COCCCNC(=O)c1ccc(COc2ccccc2OC)o1. The van der Waals surface area contributed by atoms with Gasteiger partial charge < -0.3 is 23.9 Å². The Morgan fingerprint density at radius 3 is 2.65 bits per heavy atom. The average Bonchev–Trinajstić information content (AvgIpc) is 3.06. The molecule has 0 bridgehead atoms. The first-order valence-corrected chi connectivity index (χ1v) is 7.36. The smallest absolute Gasteiger partial charge is 0.286 e. The van der Waals surface area contributed by atoms with Gasteiger partial charge in [-0.1, -0.05) is 12.1 Å². The maximum absolute atomic E-state index is 11.9. The van der Waals surface area contributed by atoms with E-state index in [9.17, 15) is 4.79 Å². The number of ether oxygens (including phenoxy) is 3. The van der Waals surface area contributed by atoms with Gasteiger partial charge in [-0.2, -0.15) is 0 Å². The van der Waals surface area contributed by atoms with Crippen molar-refractivity contribution in [3.05, 3.63) is 47.9 Å². The van der Waals surface area contributed by atoms with Gasteiger partial charge >= 0.3 is 0 Å². The van der Waals surface area contributed by atoms with Crippen molar-refractivity contribution in [3.63, 3.8) is 0 Å². The first-order chi connectivity index (χ1) is 11.2. The number of carbonyl (C=O) groups excluding carboxylic acids is 1. The molecule has 0 atom stereocenters. The minimum absolute atomic E-state index is 0.220. The molecule has 1 aromatic heterocycles. The number of rotatable bonds is 9. The molecular weight excluding hydrogens is 298 g/mol. The maximum atomic E-state index is 11.9. The molecule has 1 heterocycles. The summed E-state index contributed by atoms with van der Waals surface area (Å²) >= 11 is 0. The van der Waals surface area contributed by atoms with Crippen molar-refractivity contribution in [1.29, 1.82) is 0 Å². The molecule has 6 heteroatoms. The van der Waals surface area contributed by atoms with E-state index in [-0.39, 0.29) is 18.3 Å². The van der Waals surface area contributed by atoms with Gasteiger partial charge in [0.2, 0.25) is 0 Å². The van der Waals surface area contributed by atoms with Crippen molar-refractivity contribution in [2.45, 2.75) is 13.0 Å². The molecule has 0 aliphatic heterocycles. The van der Waals surface area contributed by atoms with Crippen LogP contribution in [-0.2, 0) is 11.3 Å². The third-order valence-electron chi connectivity index (χ3n) is 3.14. The van der Waals surface area contributed by atoms with Crippen LogP contribution >= 0.6 is 0 Å². The van der Waals surface area contributed by atoms with E-state index in [0.717, 1.165) is 6.42 Å². The topological polar surface area (TPSA) is 69.9 Å². The Kier molecular flexibility index (Phi) is 6.50. The molecule has 0 radical (unpaired) electrons. The number of methoxy groups -OCH3 is 2. The Hall–Kier alpha value is -2.47. The predicted octanol–water partition coefficient (Wildman–Crippen LogP) is 2.63. The van der Waals surface area contributed by atoms with Crippen LogP contribution < -0.4 is 14.8 Å². The lowest BCUT2D eigenvalue weighted by Crippen LogP contribution is -2.24. The largest absolute Gasteiger partial charge is 0.493 e. The highest BCUT2D eigenvalue weighted by molar-refractivity contribution is 5.91. The minimum atomic E-state index is -0.246. The Labute approximate surface area is 135 Å². The highest BCUT2D eigenvalue weighted by Gasteiger charge is 2.11. The zero-order valence-electron chi connectivity index (χ0n) is 13.3. The van der Waals surface area contributed by atoms with Gasteiger partial charge in [0.05, 0.1) is 7.11 Å². The van der Waals surface area contributed by atoms with E-state index in [4.69, 9.17) is 18.6 Å². The van der Waals surface area contributed by atoms with E-state index in [1.54, 1.807) is 26.4 Å². The third kappa shape index (κ3) is 5.03. The van der Waals surface area contributed by atoms with E-state index in [0.29, 0.717) is 30.4 Å². The molecule has 0 unspecified atom stereocenters. The van der Waals surface area contributed by atoms with Crippen LogP contribution in [0.1, 0.15) is 22.7 Å². The van der Waals surface area contributed by atoms with Crippen molar-refractivity contribution in [3.8, 4) is 11.5 Å². The summed E-state index contributed by atoms with van der Waals surface area (Å²) in [7, 11) is 3.21. The molecule has 0 spiro atoms. The normalized spacial score (nSPS) is 10.3. The van der Waals surface area contributed by atoms with Gasteiger partial charge in [0.1, 0.15) is 12.4 Å². The zero-order valence-corrected chi connectivity index (χ0v) is 13.3. The van der Waals surface area contributed by atoms with E-state index in [2.05, 4.69) is 5.32 Å². The summed E-state index contributed by atoms with van der Waals surface area (Å²) in [6, 6.07) is 10.7. The summed E-state index contributed by atoms with van der Waals surface area (Å²) in [4.78, 5) is 11.9. The van der Waals surface area contributed by atoms with E-state index >= 15 is 0 Å². The molecule has 1 N–H and O–H groups in total. The Morgan fingerprint density at radius 1 is 1.13 bits per heavy atom. The van der Waals surface area contributed by atoms with Crippen LogP contribution in [0.5, 0.6) is 11.5 Å². The molecule has 0 aliphatic rings. The number of amides is 1. The molecule has 0 fully saturated rings. The third-order valence-corrected chi connectivity index (χ3v) is 3.14. The van der Waals surface area contributed by atoms with Crippen LogP contribution in [0.2, 0.25) is 0 Å². The van der Waals surface area contributed by atoms with Crippen molar-refractivity contribution >= 4 is 5.91 Å². The second-order valence-corrected chi connectivity index (χ2v) is 4.81. The fraction of sp³-hybridized carbons (Fsp3) is 0.353. The van der Waals surface area contributed by atoms with E-state index in [1.807, 2.05) is 24.3 Å². The minimum Gasteiger partial charge on any atom is -0.493 e. The van der Waals surface area contributed by atoms with E-state index in [1.165, 1.54) is 0 Å². The number of furan rings is 1. The zero-order chi connectivity index (χ0) is 16.5. The van der Waals surface area contributed by atoms with Crippen LogP contribution in [0.15, 0.2) is 40.8 Å². The summed E-state index contributed by atoms with van der Waals surface area (Å²) in [5.41, 5.74) is 0. The van der Waals surface area contributed by atoms with Crippen molar-refractivity contribution in [2.75, 3.05) is 27.4 Å². The molecule has 0 aliphatic carbocycles. The molecule has 2 rings (SSSR count). The summed E-state index contributed by atoms with van der Waals surface area (Å²) in [6.45, 7) is 1.37. The fourth-order valence-electron chi connectivity index (χ4n) is 1.97. The number of hydrogen-bond acceptors (Lipinski definition) is 5. The molecule has 0 saturated carbocycles. The molecule has 6 nitrogen and oxygen atoms in total. The Bertz CT molecular complexity index is 623. The van der Waals surface area contributed by atoms with Crippen LogP contribution in [0.4, 0.5) is 0 Å². The highest BCUT2D eigenvalue weighted by Crippen LogP contribution is 2.26. The van der Waals surface area contributed by atoms with Crippen LogP contribution in [0, 0.1) is 0 Å². The molecule has 23 heavy (non-hydrogen) atoms. The predicted molar refractivity (Wildman–Crippen MR) is 84.9 cm³/mol. The highest BCUT2D eigenvalue weighted by atomic mass is 16.5. The average molecular weight is 319 g/mol. The van der Waals surface area contributed by atoms with Gasteiger partial charge in [-0.3, -0.25) is 4.79 Å². The van der Waals surface area contributed by atoms with Gasteiger partial charge in [0.15, 0.2) is 17.3 Å². The van der Waals surface area contributed by atoms with Crippen molar-refractivity contribution in [1.82, 2.24) is 5.32 Å². The Morgan fingerprint density at radius 2 is 1.91 bits per heavy atom. The van der Waals surface area contributed by atoms with Gasteiger partial charge in [-0.15, -0.1) is 0 Å². The van der Waals surface area contributed by atoms with Crippen molar-refractivity contribution in [2.24, 2.45) is 0 Å². The molecule has 1 aromatic carbocycles.